The van der Waals surface area contributed by atoms with Crippen molar-refractivity contribution in [3.63, 3.8) is 0 Å². The Balaban J connectivity index is 2.36. The van der Waals surface area contributed by atoms with Crippen molar-refractivity contribution in [1.82, 2.24) is 9.78 Å². The van der Waals surface area contributed by atoms with E-state index >= 15 is 0 Å². The number of carbonyl (C=O) groups is 1. The number of rotatable bonds is 3. The molecule has 0 unspecified atom stereocenters. The molecule has 0 aliphatic heterocycles. The molecule has 1 N–H and O–H groups in total. The molecule has 0 bridgehead atoms. The molecule has 96 valence electrons. The molecule has 1 amide bonds. The summed E-state index contributed by atoms with van der Waals surface area (Å²) in [4.78, 5) is 11.5. The lowest BCUT2D eigenvalue weighted by Crippen LogP contribution is -2.13. The first-order chi connectivity index (χ1) is 9.10. The number of anilines is 1. The summed E-state index contributed by atoms with van der Waals surface area (Å²) in [5, 5.41) is 16.0. The molecule has 1 heterocycles. The minimum atomic E-state index is -0.370. The van der Waals surface area contributed by atoms with Gasteiger partial charge in [0.25, 0.3) is 0 Å². The molecule has 1 aromatic carbocycles. The number of hydrogen-bond acceptors (Lipinski definition) is 3. The van der Waals surface area contributed by atoms with Crippen LogP contribution in [-0.2, 0) is 4.79 Å². The van der Waals surface area contributed by atoms with Gasteiger partial charge in [0.15, 0.2) is 0 Å². The minimum absolute atomic E-state index is 0.195. The average Bonchev–Trinajstić information content (AvgIpc) is 2.70. The fourth-order valence-electron chi connectivity index (χ4n) is 1.65. The average molecular weight is 275 g/mol. The number of halogens is 1. The van der Waals surface area contributed by atoms with E-state index < -0.39 is 0 Å². The van der Waals surface area contributed by atoms with Gasteiger partial charge in [0.1, 0.15) is 12.2 Å². The van der Waals surface area contributed by atoms with E-state index in [0.717, 1.165) is 11.4 Å². The van der Waals surface area contributed by atoms with E-state index in [2.05, 4.69) is 10.4 Å². The van der Waals surface area contributed by atoms with Gasteiger partial charge in [-0.3, -0.25) is 4.79 Å². The molecule has 0 spiro atoms. The molecule has 2 rings (SSSR count). The number of nitrogens with one attached hydrogen (secondary N) is 1. The van der Waals surface area contributed by atoms with Gasteiger partial charge >= 0.3 is 0 Å². The number of hydrogen-bond donors (Lipinski definition) is 1. The van der Waals surface area contributed by atoms with Crippen molar-refractivity contribution in [3.8, 4) is 11.8 Å². The highest BCUT2D eigenvalue weighted by Gasteiger charge is 2.10. The maximum Gasteiger partial charge on any atom is 0.239 e. The summed E-state index contributed by atoms with van der Waals surface area (Å²) in [5.41, 5.74) is 1.50. The van der Waals surface area contributed by atoms with Crippen LogP contribution >= 0.6 is 11.6 Å². The predicted octanol–water partition coefficient (Wildman–Crippen LogP) is 2.69. The molecule has 0 aliphatic carbocycles. The zero-order chi connectivity index (χ0) is 13.8. The van der Waals surface area contributed by atoms with Gasteiger partial charge in [0.2, 0.25) is 5.91 Å². The third-order valence-corrected chi connectivity index (χ3v) is 2.63. The van der Waals surface area contributed by atoms with Crippen molar-refractivity contribution in [2.24, 2.45) is 0 Å². The van der Waals surface area contributed by atoms with Crippen LogP contribution in [0.1, 0.15) is 12.1 Å². The van der Waals surface area contributed by atoms with Crippen LogP contribution in [0.3, 0.4) is 0 Å². The normalized spacial score (nSPS) is 9.95. The smallest absolute Gasteiger partial charge is 0.239 e. The summed E-state index contributed by atoms with van der Waals surface area (Å²) >= 11 is 5.94. The Hall–Kier alpha value is -2.32. The second-order valence-electron chi connectivity index (χ2n) is 3.95. The first kappa shape index (κ1) is 13.1. The standard InChI is InChI=1S/C13H11ClN4O/c1-9-7-12(16-13(19)5-6-15)18(17-9)11-4-2-3-10(14)8-11/h2-4,7-8H,5H2,1H3,(H,16,19). The second kappa shape index (κ2) is 5.55. The molecule has 6 heteroatoms. The summed E-state index contributed by atoms with van der Waals surface area (Å²) in [5.74, 6) is 0.144. The summed E-state index contributed by atoms with van der Waals surface area (Å²) in [6.45, 7) is 1.82. The van der Waals surface area contributed by atoms with Crippen LogP contribution in [0.4, 0.5) is 5.82 Å². The molecule has 0 saturated carbocycles. The van der Waals surface area contributed by atoms with Crippen molar-refractivity contribution in [3.05, 3.63) is 41.0 Å². The molecular formula is C13H11ClN4O. The van der Waals surface area contributed by atoms with E-state index in [-0.39, 0.29) is 12.3 Å². The number of nitriles is 1. The predicted molar refractivity (Wildman–Crippen MR) is 72.2 cm³/mol. The molecule has 5 nitrogen and oxygen atoms in total. The van der Waals surface area contributed by atoms with Crippen molar-refractivity contribution < 1.29 is 4.79 Å². The Bertz CT molecular complexity index is 657. The number of nitrogens with zero attached hydrogens (tertiary/aromatic N) is 3. The monoisotopic (exact) mass is 274 g/mol. The summed E-state index contributed by atoms with van der Waals surface area (Å²) in [6.07, 6.45) is -0.195. The van der Waals surface area contributed by atoms with Crippen molar-refractivity contribution in [2.75, 3.05) is 5.32 Å². The van der Waals surface area contributed by atoms with Crippen LogP contribution in [0.5, 0.6) is 0 Å². The lowest BCUT2D eigenvalue weighted by molar-refractivity contribution is -0.115. The minimum Gasteiger partial charge on any atom is -0.310 e. The quantitative estimate of drug-likeness (QED) is 0.935. The molecule has 0 atom stereocenters. The lowest BCUT2D eigenvalue weighted by Gasteiger charge is -2.08. The molecule has 1 aromatic heterocycles. The first-order valence-electron chi connectivity index (χ1n) is 5.59. The Morgan fingerprint density at radius 3 is 3.00 bits per heavy atom. The van der Waals surface area contributed by atoms with E-state index in [4.69, 9.17) is 16.9 Å². The lowest BCUT2D eigenvalue weighted by atomic mass is 10.3. The topological polar surface area (TPSA) is 70.7 Å². The van der Waals surface area contributed by atoms with Gasteiger partial charge in [0.05, 0.1) is 17.5 Å². The summed E-state index contributed by atoms with van der Waals surface area (Å²) in [7, 11) is 0. The maximum absolute atomic E-state index is 11.5. The van der Waals surface area contributed by atoms with Crippen LogP contribution < -0.4 is 5.32 Å². The highest BCUT2D eigenvalue weighted by atomic mass is 35.5. The van der Waals surface area contributed by atoms with Crippen LogP contribution in [0.2, 0.25) is 5.02 Å². The molecular weight excluding hydrogens is 264 g/mol. The van der Waals surface area contributed by atoms with Gasteiger partial charge in [-0.05, 0) is 25.1 Å². The number of benzene rings is 1. The van der Waals surface area contributed by atoms with Gasteiger partial charge < -0.3 is 5.32 Å². The Morgan fingerprint density at radius 2 is 2.32 bits per heavy atom. The Morgan fingerprint density at radius 1 is 1.53 bits per heavy atom. The van der Waals surface area contributed by atoms with Crippen molar-refractivity contribution in [2.45, 2.75) is 13.3 Å². The Labute approximate surface area is 115 Å². The number of carbonyl (C=O) groups excluding carboxylic acids is 1. The van der Waals surface area contributed by atoms with Gasteiger partial charge in [-0.25, -0.2) is 4.68 Å². The van der Waals surface area contributed by atoms with E-state index in [1.54, 1.807) is 35.0 Å². The van der Waals surface area contributed by atoms with E-state index in [0.29, 0.717) is 10.8 Å². The van der Waals surface area contributed by atoms with Crippen LogP contribution in [-0.4, -0.2) is 15.7 Å². The number of aryl methyl sites for hydroxylation is 1. The van der Waals surface area contributed by atoms with Gasteiger partial charge in [-0.2, -0.15) is 10.4 Å². The fraction of sp³-hybridized carbons (Fsp3) is 0.154. The Kier molecular flexibility index (Phi) is 3.83. The van der Waals surface area contributed by atoms with Gasteiger partial charge in [0, 0.05) is 11.1 Å². The molecule has 19 heavy (non-hydrogen) atoms. The first-order valence-corrected chi connectivity index (χ1v) is 5.97. The summed E-state index contributed by atoms with van der Waals surface area (Å²) in [6, 6.07) is 10.7. The SMILES string of the molecule is Cc1cc(NC(=O)CC#N)n(-c2cccc(Cl)c2)n1. The number of aromatic nitrogens is 2. The third-order valence-electron chi connectivity index (χ3n) is 2.39. The van der Waals surface area contributed by atoms with E-state index in [9.17, 15) is 4.79 Å². The largest absolute Gasteiger partial charge is 0.310 e. The van der Waals surface area contributed by atoms with Crippen LogP contribution in [0, 0.1) is 18.3 Å². The van der Waals surface area contributed by atoms with E-state index in [1.165, 1.54) is 0 Å². The van der Waals surface area contributed by atoms with Crippen molar-refractivity contribution >= 4 is 23.3 Å². The highest BCUT2D eigenvalue weighted by molar-refractivity contribution is 6.30. The molecule has 0 aliphatic rings. The van der Waals surface area contributed by atoms with Gasteiger partial charge in [-0.15, -0.1) is 0 Å². The maximum atomic E-state index is 11.5. The molecule has 0 fully saturated rings. The third kappa shape index (κ3) is 3.12. The molecule has 0 radical (unpaired) electrons. The number of amides is 1. The second-order valence-corrected chi connectivity index (χ2v) is 4.38. The highest BCUT2D eigenvalue weighted by Crippen LogP contribution is 2.20. The van der Waals surface area contributed by atoms with Gasteiger partial charge in [-0.1, -0.05) is 17.7 Å². The fourth-order valence-corrected chi connectivity index (χ4v) is 1.84. The summed E-state index contributed by atoms with van der Waals surface area (Å²) < 4.78 is 1.58. The zero-order valence-corrected chi connectivity index (χ0v) is 11.0. The van der Waals surface area contributed by atoms with Crippen LogP contribution in [0.15, 0.2) is 30.3 Å². The van der Waals surface area contributed by atoms with Crippen molar-refractivity contribution in [1.29, 1.82) is 5.26 Å². The van der Waals surface area contributed by atoms with Crippen LogP contribution in [0.25, 0.3) is 5.69 Å². The van der Waals surface area contributed by atoms with E-state index in [1.807, 2.05) is 13.0 Å². The molecule has 0 saturated heterocycles. The molecule has 2 aromatic rings. The zero-order valence-electron chi connectivity index (χ0n) is 10.2.